The second-order valence-corrected chi connectivity index (χ2v) is 6.88. The van der Waals surface area contributed by atoms with Gasteiger partial charge in [0.05, 0.1) is 13.3 Å². The van der Waals surface area contributed by atoms with Crippen molar-refractivity contribution in [2.45, 2.75) is 31.8 Å². The molecule has 136 valence electrons. The molecule has 1 atom stereocenters. The molecule has 26 heavy (non-hydrogen) atoms. The van der Waals surface area contributed by atoms with Gasteiger partial charge in [-0.1, -0.05) is 6.07 Å². The molecule has 0 bridgehead atoms. The summed E-state index contributed by atoms with van der Waals surface area (Å²) in [6.45, 7) is 2.12. The molecular formula is C20H23N3O3. The fourth-order valence-electron chi connectivity index (χ4n) is 4.01. The lowest BCUT2D eigenvalue weighted by molar-refractivity contribution is 0.0177. The van der Waals surface area contributed by atoms with Crippen LogP contribution in [-0.2, 0) is 17.7 Å². The van der Waals surface area contributed by atoms with Crippen molar-refractivity contribution in [3.63, 3.8) is 0 Å². The lowest BCUT2D eigenvalue weighted by Gasteiger charge is -2.42. The first kappa shape index (κ1) is 17.0. The highest BCUT2D eigenvalue weighted by atomic mass is 16.5. The number of hydrogen-bond acceptors (Lipinski definition) is 5. The van der Waals surface area contributed by atoms with Gasteiger partial charge < -0.3 is 14.4 Å². The molecule has 3 heterocycles. The average Bonchev–Trinajstić information content (AvgIpc) is 2.73. The van der Waals surface area contributed by atoms with Gasteiger partial charge in [0.2, 0.25) is 0 Å². The zero-order valence-corrected chi connectivity index (χ0v) is 14.9. The number of nitrogens with zero attached hydrogens (tertiary/aromatic N) is 3. The van der Waals surface area contributed by atoms with Gasteiger partial charge in [-0.25, -0.2) is 4.98 Å². The van der Waals surface area contributed by atoms with Crippen LogP contribution in [0.4, 0.5) is 0 Å². The molecule has 0 spiro atoms. The van der Waals surface area contributed by atoms with Gasteiger partial charge in [-0.3, -0.25) is 9.78 Å². The maximum atomic E-state index is 13.2. The number of ether oxygens (including phenoxy) is 2. The Morgan fingerprint density at radius 1 is 1.23 bits per heavy atom. The Morgan fingerprint density at radius 3 is 2.81 bits per heavy atom. The summed E-state index contributed by atoms with van der Waals surface area (Å²) in [7, 11) is 1.68. The van der Waals surface area contributed by atoms with E-state index in [9.17, 15) is 4.79 Å². The SMILES string of the molecule is COc1ccc2c(c1)C[C@H](C1CCOCC1)N(C(=O)c1cnccn1)C2. The lowest BCUT2D eigenvalue weighted by Crippen LogP contribution is -2.49. The van der Waals surface area contributed by atoms with Crippen molar-refractivity contribution < 1.29 is 14.3 Å². The molecule has 1 aromatic heterocycles. The van der Waals surface area contributed by atoms with E-state index in [1.165, 1.54) is 11.1 Å². The molecule has 6 nitrogen and oxygen atoms in total. The maximum absolute atomic E-state index is 13.2. The van der Waals surface area contributed by atoms with Gasteiger partial charge in [0.1, 0.15) is 11.4 Å². The Labute approximate surface area is 153 Å². The van der Waals surface area contributed by atoms with Crippen molar-refractivity contribution in [2.24, 2.45) is 5.92 Å². The summed E-state index contributed by atoms with van der Waals surface area (Å²) in [5, 5.41) is 0. The lowest BCUT2D eigenvalue weighted by atomic mass is 9.82. The molecule has 6 heteroatoms. The second kappa shape index (κ2) is 7.41. The molecule has 2 aliphatic rings. The minimum Gasteiger partial charge on any atom is -0.497 e. The number of fused-ring (bicyclic) bond motifs is 1. The van der Waals surface area contributed by atoms with Crippen LogP contribution in [0.2, 0.25) is 0 Å². The van der Waals surface area contributed by atoms with E-state index in [1.54, 1.807) is 25.7 Å². The maximum Gasteiger partial charge on any atom is 0.274 e. The Hall–Kier alpha value is -2.47. The third-order valence-corrected chi connectivity index (χ3v) is 5.44. The van der Waals surface area contributed by atoms with Crippen LogP contribution >= 0.6 is 0 Å². The van der Waals surface area contributed by atoms with Crippen LogP contribution in [0, 0.1) is 5.92 Å². The van der Waals surface area contributed by atoms with Crippen molar-refractivity contribution >= 4 is 5.91 Å². The van der Waals surface area contributed by atoms with Crippen LogP contribution in [0.1, 0.15) is 34.5 Å². The Kier molecular flexibility index (Phi) is 4.84. The molecule has 1 aromatic carbocycles. The first-order valence-corrected chi connectivity index (χ1v) is 9.07. The zero-order valence-electron chi connectivity index (χ0n) is 14.9. The Morgan fingerprint density at radius 2 is 2.08 bits per heavy atom. The second-order valence-electron chi connectivity index (χ2n) is 6.88. The molecule has 4 rings (SSSR count). The summed E-state index contributed by atoms with van der Waals surface area (Å²) in [6, 6.07) is 6.27. The van der Waals surface area contributed by atoms with Gasteiger partial charge in [0.25, 0.3) is 5.91 Å². The molecular weight excluding hydrogens is 330 g/mol. The predicted molar refractivity (Wildman–Crippen MR) is 95.9 cm³/mol. The quantitative estimate of drug-likeness (QED) is 0.848. The third kappa shape index (κ3) is 3.29. The predicted octanol–water partition coefficient (Wildman–Crippen LogP) is 2.48. The summed E-state index contributed by atoms with van der Waals surface area (Å²) >= 11 is 0. The van der Waals surface area contributed by atoms with E-state index in [0.717, 1.165) is 38.2 Å². The zero-order chi connectivity index (χ0) is 17.9. The molecule has 0 aliphatic carbocycles. The molecule has 0 radical (unpaired) electrons. The normalized spacial score (nSPS) is 20.5. The molecule has 2 aromatic rings. The highest BCUT2D eigenvalue weighted by Crippen LogP contribution is 2.34. The molecule has 2 aliphatic heterocycles. The molecule has 1 saturated heterocycles. The van der Waals surface area contributed by atoms with Crippen LogP contribution in [-0.4, -0.2) is 47.1 Å². The Balaban J connectivity index is 1.67. The molecule has 0 N–H and O–H groups in total. The summed E-state index contributed by atoms with van der Waals surface area (Å²) < 4.78 is 10.9. The van der Waals surface area contributed by atoms with E-state index < -0.39 is 0 Å². The molecule has 0 unspecified atom stereocenters. The van der Waals surface area contributed by atoms with Crippen LogP contribution in [0.15, 0.2) is 36.8 Å². The van der Waals surface area contributed by atoms with E-state index in [2.05, 4.69) is 22.1 Å². The molecule has 1 amide bonds. The van der Waals surface area contributed by atoms with Gasteiger partial charge >= 0.3 is 0 Å². The number of amides is 1. The number of rotatable bonds is 3. The minimum absolute atomic E-state index is 0.0453. The Bertz CT molecular complexity index is 775. The first-order chi connectivity index (χ1) is 12.8. The van der Waals surface area contributed by atoms with E-state index in [1.807, 2.05) is 11.0 Å². The van der Waals surface area contributed by atoms with Gasteiger partial charge in [-0.15, -0.1) is 0 Å². The van der Waals surface area contributed by atoms with E-state index >= 15 is 0 Å². The largest absolute Gasteiger partial charge is 0.497 e. The van der Waals surface area contributed by atoms with Crippen molar-refractivity contribution in [3.8, 4) is 5.75 Å². The van der Waals surface area contributed by atoms with Gasteiger partial charge in [0, 0.05) is 38.2 Å². The summed E-state index contributed by atoms with van der Waals surface area (Å²) in [5.74, 6) is 1.25. The number of carbonyl (C=O) groups is 1. The molecule has 0 saturated carbocycles. The minimum atomic E-state index is -0.0453. The highest BCUT2D eigenvalue weighted by molar-refractivity contribution is 5.92. The summed E-state index contributed by atoms with van der Waals surface area (Å²) in [6.07, 6.45) is 7.50. The van der Waals surface area contributed by atoms with Gasteiger partial charge in [0.15, 0.2) is 0 Å². The number of benzene rings is 1. The van der Waals surface area contributed by atoms with Crippen molar-refractivity contribution in [2.75, 3.05) is 20.3 Å². The van der Waals surface area contributed by atoms with Crippen LogP contribution in [0.5, 0.6) is 5.75 Å². The smallest absolute Gasteiger partial charge is 0.274 e. The van der Waals surface area contributed by atoms with Crippen molar-refractivity contribution in [3.05, 3.63) is 53.6 Å². The van der Waals surface area contributed by atoms with Gasteiger partial charge in [-0.05, 0) is 48.4 Å². The van der Waals surface area contributed by atoms with Crippen molar-refractivity contribution in [1.29, 1.82) is 0 Å². The number of hydrogen-bond donors (Lipinski definition) is 0. The van der Waals surface area contributed by atoms with Crippen LogP contribution < -0.4 is 4.74 Å². The summed E-state index contributed by atoms with van der Waals surface area (Å²) in [5.41, 5.74) is 2.84. The van der Waals surface area contributed by atoms with E-state index in [0.29, 0.717) is 18.2 Å². The van der Waals surface area contributed by atoms with E-state index in [4.69, 9.17) is 9.47 Å². The average molecular weight is 353 g/mol. The molecule has 1 fully saturated rings. The number of carbonyl (C=O) groups excluding carboxylic acids is 1. The number of methoxy groups -OCH3 is 1. The van der Waals surface area contributed by atoms with Gasteiger partial charge in [-0.2, -0.15) is 0 Å². The fourth-order valence-corrected chi connectivity index (χ4v) is 4.01. The van der Waals surface area contributed by atoms with Crippen LogP contribution in [0.3, 0.4) is 0 Å². The number of aromatic nitrogens is 2. The highest BCUT2D eigenvalue weighted by Gasteiger charge is 2.36. The van der Waals surface area contributed by atoms with E-state index in [-0.39, 0.29) is 11.9 Å². The topological polar surface area (TPSA) is 64.6 Å². The first-order valence-electron chi connectivity index (χ1n) is 9.07. The standard InChI is InChI=1S/C20H23N3O3/c1-25-17-3-2-15-13-23(20(24)18-12-21-6-7-22-18)19(11-16(15)10-17)14-4-8-26-9-5-14/h2-3,6-7,10,12,14,19H,4-5,8-9,11,13H2,1H3/t19-/m1/s1. The third-order valence-electron chi connectivity index (χ3n) is 5.44. The fraction of sp³-hybridized carbons (Fsp3) is 0.450. The van der Waals surface area contributed by atoms with Crippen molar-refractivity contribution in [1.82, 2.24) is 14.9 Å². The van der Waals surface area contributed by atoms with Crippen LogP contribution in [0.25, 0.3) is 0 Å². The summed E-state index contributed by atoms with van der Waals surface area (Å²) in [4.78, 5) is 23.4. The monoisotopic (exact) mass is 353 g/mol.